The second kappa shape index (κ2) is 6.66. The number of ether oxygens (including phenoxy) is 1. The van der Waals surface area contributed by atoms with Gasteiger partial charge in [0.25, 0.3) is 0 Å². The summed E-state index contributed by atoms with van der Waals surface area (Å²) in [6.45, 7) is 2.86. The fourth-order valence-electron chi connectivity index (χ4n) is 1.80. The summed E-state index contributed by atoms with van der Waals surface area (Å²) in [5.41, 5.74) is 7.49. The van der Waals surface area contributed by atoms with Gasteiger partial charge in [-0.15, -0.1) is 0 Å². The average Bonchev–Trinajstić information content (AvgIpc) is 2.28. The van der Waals surface area contributed by atoms with Crippen LogP contribution in [0.15, 0.2) is 30.3 Å². The molecule has 1 rings (SSSR count). The molecule has 0 heterocycles. The van der Waals surface area contributed by atoms with Gasteiger partial charge in [0, 0.05) is 19.3 Å². The lowest BCUT2D eigenvalue weighted by molar-refractivity contribution is 0.168. The average molecular weight is 221 g/mol. The summed E-state index contributed by atoms with van der Waals surface area (Å²) < 4.78 is 5.06. The van der Waals surface area contributed by atoms with Gasteiger partial charge in [0.15, 0.2) is 0 Å². The number of rotatable bonds is 7. The Balaban J connectivity index is 2.24. The number of hydrogen-bond donors (Lipinski definition) is 1. The molecule has 2 nitrogen and oxygen atoms in total. The van der Waals surface area contributed by atoms with Gasteiger partial charge in [-0.3, -0.25) is 0 Å². The summed E-state index contributed by atoms with van der Waals surface area (Å²) in [4.78, 5) is 0. The molecule has 0 saturated carbocycles. The molecule has 1 atom stereocenters. The van der Waals surface area contributed by atoms with Crippen molar-refractivity contribution >= 4 is 0 Å². The fourth-order valence-corrected chi connectivity index (χ4v) is 1.80. The monoisotopic (exact) mass is 221 g/mol. The normalized spacial score (nSPS) is 14.7. The molecule has 90 valence electrons. The van der Waals surface area contributed by atoms with Crippen LogP contribution < -0.4 is 5.73 Å². The van der Waals surface area contributed by atoms with Gasteiger partial charge in [0.05, 0.1) is 0 Å². The maximum Gasteiger partial charge on any atom is 0.0479 e. The summed E-state index contributed by atoms with van der Waals surface area (Å²) >= 11 is 0. The zero-order valence-corrected chi connectivity index (χ0v) is 10.4. The van der Waals surface area contributed by atoms with Crippen molar-refractivity contribution in [2.45, 2.75) is 38.1 Å². The number of methoxy groups -OCH3 is 1. The van der Waals surface area contributed by atoms with Gasteiger partial charge in [-0.1, -0.05) is 30.3 Å². The fraction of sp³-hybridized carbons (Fsp3) is 0.571. The Morgan fingerprint density at radius 3 is 2.50 bits per heavy atom. The third-order valence-electron chi connectivity index (χ3n) is 2.93. The lowest BCUT2D eigenvalue weighted by Gasteiger charge is -2.24. The van der Waals surface area contributed by atoms with Crippen LogP contribution in [0.1, 0.15) is 31.7 Å². The second-order valence-corrected chi connectivity index (χ2v) is 4.74. The van der Waals surface area contributed by atoms with E-state index < -0.39 is 0 Å². The van der Waals surface area contributed by atoms with Crippen LogP contribution in [0.25, 0.3) is 0 Å². The number of hydrogen-bond acceptors (Lipinski definition) is 2. The summed E-state index contributed by atoms with van der Waals surface area (Å²) in [5, 5.41) is 0. The van der Waals surface area contributed by atoms with Crippen LogP contribution in [0.2, 0.25) is 0 Å². The third kappa shape index (κ3) is 5.29. The molecule has 2 N–H and O–H groups in total. The van der Waals surface area contributed by atoms with Crippen LogP contribution in [-0.2, 0) is 11.2 Å². The summed E-state index contributed by atoms with van der Waals surface area (Å²) in [6.07, 6.45) is 4.23. The van der Waals surface area contributed by atoms with Gasteiger partial charge in [0.1, 0.15) is 0 Å². The highest BCUT2D eigenvalue weighted by atomic mass is 16.5. The second-order valence-electron chi connectivity index (χ2n) is 4.74. The first-order chi connectivity index (χ1) is 7.64. The highest BCUT2D eigenvalue weighted by molar-refractivity contribution is 5.14. The minimum atomic E-state index is -0.0925. The first kappa shape index (κ1) is 13.2. The Morgan fingerprint density at radius 2 is 1.88 bits per heavy atom. The van der Waals surface area contributed by atoms with E-state index in [1.165, 1.54) is 5.56 Å². The quantitative estimate of drug-likeness (QED) is 0.768. The highest BCUT2D eigenvalue weighted by Gasteiger charge is 2.17. The standard InChI is InChI=1S/C14H23NO/c1-14(15,11-12-16-2)10-6-9-13-7-4-3-5-8-13/h3-5,7-8H,6,9-12,15H2,1-2H3. The molecule has 0 spiro atoms. The first-order valence-electron chi connectivity index (χ1n) is 5.96. The van der Waals surface area contributed by atoms with Crippen molar-refractivity contribution < 1.29 is 4.74 Å². The van der Waals surface area contributed by atoms with E-state index in [0.717, 1.165) is 32.3 Å². The molecule has 0 radical (unpaired) electrons. The van der Waals surface area contributed by atoms with Crippen LogP contribution in [0.3, 0.4) is 0 Å². The van der Waals surface area contributed by atoms with Gasteiger partial charge >= 0.3 is 0 Å². The molecule has 1 aromatic carbocycles. The molecule has 0 fully saturated rings. The number of benzene rings is 1. The highest BCUT2D eigenvalue weighted by Crippen LogP contribution is 2.15. The first-order valence-corrected chi connectivity index (χ1v) is 5.96. The van der Waals surface area contributed by atoms with Crippen molar-refractivity contribution in [3.63, 3.8) is 0 Å². The van der Waals surface area contributed by atoms with E-state index in [9.17, 15) is 0 Å². The van der Waals surface area contributed by atoms with Gasteiger partial charge in [0.2, 0.25) is 0 Å². The lowest BCUT2D eigenvalue weighted by Crippen LogP contribution is -2.37. The zero-order chi connectivity index (χ0) is 11.9. The van der Waals surface area contributed by atoms with Crippen molar-refractivity contribution in [1.82, 2.24) is 0 Å². The number of aryl methyl sites for hydroxylation is 1. The van der Waals surface area contributed by atoms with E-state index >= 15 is 0 Å². The van der Waals surface area contributed by atoms with E-state index in [0.29, 0.717) is 0 Å². The SMILES string of the molecule is COCCC(C)(N)CCCc1ccccc1. The molecule has 0 aliphatic rings. The Bertz CT molecular complexity index is 282. The van der Waals surface area contributed by atoms with Crippen LogP contribution >= 0.6 is 0 Å². The van der Waals surface area contributed by atoms with E-state index in [4.69, 9.17) is 10.5 Å². The van der Waals surface area contributed by atoms with Crippen LogP contribution in [0, 0.1) is 0 Å². The zero-order valence-electron chi connectivity index (χ0n) is 10.4. The van der Waals surface area contributed by atoms with Crippen LogP contribution in [0.5, 0.6) is 0 Å². The molecule has 0 saturated heterocycles. The summed E-state index contributed by atoms with van der Waals surface area (Å²) in [7, 11) is 1.72. The third-order valence-corrected chi connectivity index (χ3v) is 2.93. The van der Waals surface area contributed by atoms with Crippen LogP contribution in [0.4, 0.5) is 0 Å². The summed E-state index contributed by atoms with van der Waals surface area (Å²) in [5.74, 6) is 0. The van der Waals surface area contributed by atoms with Crippen molar-refractivity contribution in [3.05, 3.63) is 35.9 Å². The largest absolute Gasteiger partial charge is 0.385 e. The molecule has 0 aromatic heterocycles. The van der Waals surface area contributed by atoms with E-state index in [1.807, 2.05) is 0 Å². The molecule has 2 heteroatoms. The summed E-state index contributed by atoms with van der Waals surface area (Å²) in [6, 6.07) is 10.6. The predicted octanol–water partition coefficient (Wildman–Crippen LogP) is 2.76. The van der Waals surface area contributed by atoms with Crippen molar-refractivity contribution in [2.75, 3.05) is 13.7 Å². The molecule has 0 bridgehead atoms. The maximum absolute atomic E-state index is 6.19. The Labute approximate surface area is 98.8 Å². The van der Waals surface area contributed by atoms with Gasteiger partial charge in [-0.2, -0.15) is 0 Å². The van der Waals surface area contributed by atoms with Gasteiger partial charge in [-0.25, -0.2) is 0 Å². The molecule has 0 aliphatic heterocycles. The smallest absolute Gasteiger partial charge is 0.0479 e. The van der Waals surface area contributed by atoms with E-state index in [1.54, 1.807) is 7.11 Å². The van der Waals surface area contributed by atoms with Gasteiger partial charge in [-0.05, 0) is 38.2 Å². The molecule has 16 heavy (non-hydrogen) atoms. The predicted molar refractivity (Wildman–Crippen MR) is 68.5 cm³/mol. The Kier molecular flexibility index (Phi) is 5.50. The Hall–Kier alpha value is -0.860. The number of nitrogens with two attached hydrogens (primary N) is 1. The topological polar surface area (TPSA) is 35.2 Å². The van der Waals surface area contributed by atoms with E-state index in [-0.39, 0.29) is 5.54 Å². The van der Waals surface area contributed by atoms with Crippen molar-refractivity contribution in [3.8, 4) is 0 Å². The lowest BCUT2D eigenvalue weighted by atomic mass is 9.92. The molecule has 1 aromatic rings. The van der Waals surface area contributed by atoms with Crippen molar-refractivity contribution in [1.29, 1.82) is 0 Å². The minimum Gasteiger partial charge on any atom is -0.385 e. The molecule has 0 amide bonds. The molecule has 1 unspecified atom stereocenters. The molecular formula is C14H23NO. The maximum atomic E-state index is 6.19. The minimum absolute atomic E-state index is 0.0925. The van der Waals surface area contributed by atoms with Crippen LogP contribution in [-0.4, -0.2) is 19.3 Å². The molecule has 0 aliphatic carbocycles. The van der Waals surface area contributed by atoms with Crippen molar-refractivity contribution in [2.24, 2.45) is 5.73 Å². The molecular weight excluding hydrogens is 198 g/mol. The van der Waals surface area contributed by atoms with Gasteiger partial charge < -0.3 is 10.5 Å². The Morgan fingerprint density at radius 1 is 1.19 bits per heavy atom. The van der Waals surface area contributed by atoms with E-state index in [2.05, 4.69) is 37.3 Å².